The molecule has 1 saturated heterocycles. The quantitative estimate of drug-likeness (QED) is 0.242. The molecular weight excluding hydrogens is 488 g/mol. The number of hydrogen-bond acceptors (Lipinski definition) is 3. The minimum atomic E-state index is 0. The summed E-state index contributed by atoms with van der Waals surface area (Å²) in [6.45, 7) is 6.86. The Kier molecular flexibility index (Phi) is 11.7. The van der Waals surface area contributed by atoms with Crippen molar-refractivity contribution in [3.05, 3.63) is 28.2 Å². The second-order valence-electron chi connectivity index (χ2n) is 6.12. The number of aliphatic imine (C=N–C) groups is 1. The van der Waals surface area contributed by atoms with Crippen molar-refractivity contribution in [2.75, 3.05) is 46.5 Å². The van der Waals surface area contributed by atoms with E-state index in [1.807, 2.05) is 0 Å². The molecule has 1 aromatic carbocycles. The number of nitrogens with one attached hydrogen (secondary N) is 1. The molecule has 1 atom stereocenters. The molecule has 1 N–H and O–H groups in total. The SMILES string of the molecule is CCNC(=NCCCOc1ccc(Cl)cc1Cl)N(C)CC1CCOC1.I. The van der Waals surface area contributed by atoms with Gasteiger partial charge in [-0.25, -0.2) is 0 Å². The molecule has 0 aromatic heterocycles. The Labute approximate surface area is 183 Å². The summed E-state index contributed by atoms with van der Waals surface area (Å²) in [6, 6.07) is 5.24. The molecule has 0 saturated carbocycles. The lowest BCUT2D eigenvalue weighted by Crippen LogP contribution is -2.41. The standard InChI is InChI=1S/C18H27Cl2N3O2.HI/c1-3-21-18(23(2)12-14-7-10-24-13-14)22-8-4-9-25-17-6-5-15(19)11-16(17)20;/h5-6,11,14H,3-4,7-10,12-13H2,1-2H3,(H,21,22);1H. The molecule has 1 heterocycles. The van der Waals surface area contributed by atoms with Gasteiger partial charge in [-0.1, -0.05) is 23.2 Å². The second-order valence-corrected chi connectivity index (χ2v) is 6.97. The maximum Gasteiger partial charge on any atom is 0.193 e. The maximum atomic E-state index is 6.09. The van der Waals surface area contributed by atoms with E-state index in [2.05, 4.69) is 29.2 Å². The second kappa shape index (κ2) is 12.9. The Morgan fingerprint density at radius 1 is 1.42 bits per heavy atom. The zero-order chi connectivity index (χ0) is 18.1. The Balaban J connectivity index is 0.00000338. The molecule has 2 rings (SSSR count). The molecule has 0 spiro atoms. The first-order chi connectivity index (χ1) is 12.1. The first kappa shape index (κ1) is 23.6. The summed E-state index contributed by atoms with van der Waals surface area (Å²) in [5.74, 6) is 2.17. The fourth-order valence-electron chi connectivity index (χ4n) is 2.69. The zero-order valence-corrected chi connectivity index (χ0v) is 19.2. The van der Waals surface area contributed by atoms with E-state index in [0.29, 0.717) is 34.9 Å². The Morgan fingerprint density at radius 3 is 2.88 bits per heavy atom. The van der Waals surface area contributed by atoms with Crippen LogP contribution >= 0.6 is 47.2 Å². The number of ether oxygens (including phenoxy) is 2. The average molecular weight is 516 g/mol. The first-order valence-electron chi connectivity index (χ1n) is 8.75. The molecule has 0 amide bonds. The molecule has 0 bridgehead atoms. The van der Waals surface area contributed by atoms with Gasteiger partial charge in [-0.15, -0.1) is 24.0 Å². The van der Waals surface area contributed by atoms with Crippen LogP contribution in [0.2, 0.25) is 10.0 Å². The molecular formula is C18H28Cl2IN3O2. The van der Waals surface area contributed by atoms with Crippen molar-refractivity contribution >= 4 is 53.1 Å². The topological polar surface area (TPSA) is 46.1 Å². The van der Waals surface area contributed by atoms with Crippen molar-refractivity contribution in [1.29, 1.82) is 0 Å². The van der Waals surface area contributed by atoms with Crippen LogP contribution in [-0.2, 0) is 4.74 Å². The lowest BCUT2D eigenvalue weighted by Gasteiger charge is -2.24. The van der Waals surface area contributed by atoms with E-state index in [4.69, 9.17) is 32.7 Å². The zero-order valence-electron chi connectivity index (χ0n) is 15.3. The molecule has 8 heteroatoms. The van der Waals surface area contributed by atoms with Crippen LogP contribution in [-0.4, -0.2) is 57.4 Å². The molecule has 1 unspecified atom stereocenters. The lowest BCUT2D eigenvalue weighted by molar-refractivity contribution is 0.181. The van der Waals surface area contributed by atoms with Crippen molar-refractivity contribution in [3.63, 3.8) is 0 Å². The lowest BCUT2D eigenvalue weighted by atomic mass is 10.1. The number of rotatable bonds is 8. The van der Waals surface area contributed by atoms with Gasteiger partial charge in [0.2, 0.25) is 0 Å². The summed E-state index contributed by atoms with van der Waals surface area (Å²) in [6.07, 6.45) is 1.94. The van der Waals surface area contributed by atoms with E-state index in [1.165, 1.54) is 0 Å². The van der Waals surface area contributed by atoms with Gasteiger partial charge in [0, 0.05) is 50.7 Å². The summed E-state index contributed by atoms with van der Waals surface area (Å²) in [7, 11) is 2.07. The van der Waals surface area contributed by atoms with Crippen LogP contribution in [0, 0.1) is 5.92 Å². The van der Waals surface area contributed by atoms with E-state index < -0.39 is 0 Å². The molecule has 26 heavy (non-hydrogen) atoms. The monoisotopic (exact) mass is 515 g/mol. The van der Waals surface area contributed by atoms with E-state index in [9.17, 15) is 0 Å². The van der Waals surface area contributed by atoms with Gasteiger partial charge in [-0.3, -0.25) is 4.99 Å². The summed E-state index contributed by atoms with van der Waals surface area (Å²) in [5.41, 5.74) is 0. The number of nitrogens with zero attached hydrogens (tertiary/aromatic N) is 2. The third kappa shape index (κ3) is 8.06. The van der Waals surface area contributed by atoms with E-state index in [1.54, 1.807) is 18.2 Å². The Hall–Kier alpha value is -0.440. The van der Waals surface area contributed by atoms with Gasteiger partial charge in [0.05, 0.1) is 18.2 Å². The number of halogens is 3. The van der Waals surface area contributed by atoms with Crippen molar-refractivity contribution < 1.29 is 9.47 Å². The minimum Gasteiger partial charge on any atom is -0.492 e. The van der Waals surface area contributed by atoms with Gasteiger partial charge in [-0.05, 0) is 31.5 Å². The molecule has 1 fully saturated rings. The van der Waals surface area contributed by atoms with Crippen LogP contribution in [0.4, 0.5) is 0 Å². The number of hydrogen-bond donors (Lipinski definition) is 1. The van der Waals surface area contributed by atoms with Gasteiger partial charge >= 0.3 is 0 Å². The Bertz CT molecular complexity index is 569. The molecule has 5 nitrogen and oxygen atoms in total. The largest absolute Gasteiger partial charge is 0.492 e. The predicted molar refractivity (Wildman–Crippen MR) is 120 cm³/mol. The maximum absolute atomic E-state index is 6.09. The van der Waals surface area contributed by atoms with Crippen LogP contribution < -0.4 is 10.1 Å². The molecule has 1 aromatic rings. The highest BCUT2D eigenvalue weighted by Gasteiger charge is 2.18. The van der Waals surface area contributed by atoms with Gasteiger partial charge in [-0.2, -0.15) is 0 Å². The Morgan fingerprint density at radius 2 is 2.23 bits per heavy atom. The van der Waals surface area contributed by atoms with E-state index in [-0.39, 0.29) is 24.0 Å². The van der Waals surface area contributed by atoms with Crippen molar-refractivity contribution in [2.24, 2.45) is 10.9 Å². The fraction of sp³-hybridized carbons (Fsp3) is 0.611. The molecule has 0 aliphatic carbocycles. The highest BCUT2D eigenvalue weighted by molar-refractivity contribution is 14.0. The van der Waals surface area contributed by atoms with Crippen LogP contribution in [0.3, 0.4) is 0 Å². The third-order valence-corrected chi connectivity index (χ3v) is 4.50. The van der Waals surface area contributed by atoms with Crippen LogP contribution in [0.25, 0.3) is 0 Å². The number of benzene rings is 1. The highest BCUT2D eigenvalue weighted by atomic mass is 127. The first-order valence-corrected chi connectivity index (χ1v) is 9.50. The third-order valence-electron chi connectivity index (χ3n) is 3.97. The number of guanidine groups is 1. The van der Waals surface area contributed by atoms with E-state index >= 15 is 0 Å². The average Bonchev–Trinajstić information content (AvgIpc) is 3.08. The molecule has 0 radical (unpaired) electrons. The summed E-state index contributed by atoms with van der Waals surface area (Å²) >= 11 is 12.0. The van der Waals surface area contributed by atoms with Crippen LogP contribution in [0.15, 0.2) is 23.2 Å². The van der Waals surface area contributed by atoms with Gasteiger partial charge < -0.3 is 19.7 Å². The van der Waals surface area contributed by atoms with Gasteiger partial charge in [0.25, 0.3) is 0 Å². The van der Waals surface area contributed by atoms with Crippen molar-refractivity contribution in [3.8, 4) is 5.75 Å². The van der Waals surface area contributed by atoms with Gasteiger partial charge in [0.1, 0.15) is 5.75 Å². The van der Waals surface area contributed by atoms with Crippen molar-refractivity contribution in [1.82, 2.24) is 10.2 Å². The smallest absolute Gasteiger partial charge is 0.193 e. The molecule has 148 valence electrons. The minimum absolute atomic E-state index is 0. The van der Waals surface area contributed by atoms with E-state index in [0.717, 1.165) is 45.1 Å². The van der Waals surface area contributed by atoms with Crippen molar-refractivity contribution in [2.45, 2.75) is 19.8 Å². The predicted octanol–water partition coefficient (Wildman–Crippen LogP) is 4.31. The van der Waals surface area contributed by atoms with Crippen LogP contribution in [0.1, 0.15) is 19.8 Å². The molecule has 1 aliphatic rings. The molecule has 1 aliphatic heterocycles. The van der Waals surface area contributed by atoms with Crippen LogP contribution in [0.5, 0.6) is 5.75 Å². The normalized spacial score (nSPS) is 16.9. The summed E-state index contributed by atoms with van der Waals surface area (Å²) in [4.78, 5) is 6.86. The fourth-order valence-corrected chi connectivity index (χ4v) is 3.16. The summed E-state index contributed by atoms with van der Waals surface area (Å²) in [5, 5.41) is 4.47. The summed E-state index contributed by atoms with van der Waals surface area (Å²) < 4.78 is 11.1. The highest BCUT2D eigenvalue weighted by Crippen LogP contribution is 2.27. The van der Waals surface area contributed by atoms with Gasteiger partial charge in [0.15, 0.2) is 5.96 Å².